The minimum absolute atomic E-state index is 0.116. The number of halogens is 1. The smallest absolute Gasteiger partial charge is 0.242 e. The number of amides is 1. The van der Waals surface area contributed by atoms with Crippen molar-refractivity contribution in [3.05, 3.63) is 53.0 Å². The van der Waals surface area contributed by atoms with Gasteiger partial charge in [0.25, 0.3) is 0 Å². The van der Waals surface area contributed by atoms with E-state index < -0.39 is 10.0 Å². The van der Waals surface area contributed by atoms with Crippen molar-refractivity contribution in [1.82, 2.24) is 19.5 Å². The molecule has 0 aliphatic carbocycles. The molecule has 1 aromatic heterocycles. The molecule has 1 heterocycles. The number of carbonyl (C=O) groups is 1. The molecule has 2 aromatic carbocycles. The van der Waals surface area contributed by atoms with E-state index in [4.69, 9.17) is 0 Å². The molecule has 29 heavy (non-hydrogen) atoms. The second kappa shape index (κ2) is 9.08. The van der Waals surface area contributed by atoms with Gasteiger partial charge < -0.3 is 5.32 Å². The Morgan fingerprint density at radius 2 is 1.86 bits per heavy atom. The number of hydrogen-bond donors (Lipinski definition) is 2. The number of nitrogens with one attached hydrogen (secondary N) is 2. The highest BCUT2D eigenvalue weighted by Crippen LogP contribution is 2.26. The Morgan fingerprint density at radius 1 is 1.17 bits per heavy atom. The number of aromatic nitrogens is 3. The molecule has 2 N–H and O–H groups in total. The summed E-state index contributed by atoms with van der Waals surface area (Å²) in [7, 11) is -0.568. The van der Waals surface area contributed by atoms with Crippen LogP contribution >= 0.6 is 27.7 Å². The number of carbonyl (C=O) groups excluding carboxylic acids is 1. The number of rotatable bonds is 7. The maximum absolute atomic E-state index is 12.2. The lowest BCUT2D eigenvalue weighted by Crippen LogP contribution is -2.22. The van der Waals surface area contributed by atoms with E-state index in [2.05, 4.69) is 36.4 Å². The van der Waals surface area contributed by atoms with Gasteiger partial charge in [0.05, 0.1) is 10.6 Å². The van der Waals surface area contributed by atoms with Crippen LogP contribution in [0.2, 0.25) is 0 Å². The van der Waals surface area contributed by atoms with Gasteiger partial charge in [-0.2, -0.15) is 0 Å². The number of nitrogens with zero attached hydrogens (tertiary/aromatic N) is 3. The number of aromatic amines is 1. The van der Waals surface area contributed by atoms with Crippen molar-refractivity contribution in [3.63, 3.8) is 0 Å². The van der Waals surface area contributed by atoms with Crippen LogP contribution in [0.1, 0.15) is 0 Å². The van der Waals surface area contributed by atoms with Crippen molar-refractivity contribution in [3.8, 4) is 11.4 Å². The number of H-pyrrole nitrogens is 1. The molecule has 1 amide bonds. The molecular weight excluding hydrogens is 478 g/mol. The highest BCUT2D eigenvalue weighted by molar-refractivity contribution is 9.10. The van der Waals surface area contributed by atoms with Gasteiger partial charge in [0.2, 0.25) is 21.1 Å². The zero-order valence-corrected chi connectivity index (χ0v) is 18.8. The van der Waals surface area contributed by atoms with Crippen LogP contribution in [0.15, 0.2) is 63.1 Å². The molecule has 152 valence electrons. The fraction of sp³-hybridized carbons (Fsp3) is 0.167. The summed E-state index contributed by atoms with van der Waals surface area (Å²) in [4.78, 5) is 16.7. The fourth-order valence-electron chi connectivity index (χ4n) is 2.33. The van der Waals surface area contributed by atoms with Crippen LogP contribution in [0.5, 0.6) is 0 Å². The molecular formula is C18H18BrN5O3S2. The first-order valence-electron chi connectivity index (χ1n) is 8.40. The van der Waals surface area contributed by atoms with Crippen molar-refractivity contribution in [2.75, 3.05) is 25.2 Å². The maximum atomic E-state index is 12.2. The molecule has 0 atom stereocenters. The predicted octanol–water partition coefficient (Wildman–Crippen LogP) is 3.22. The summed E-state index contributed by atoms with van der Waals surface area (Å²) in [5.41, 5.74) is 1.39. The standard InChI is InChI=1S/C18H18BrN5O3S2/c1-24(2)29(26,27)13-9-7-12(8-10-13)20-16(25)11-28-18-21-17(22-23-18)14-5-3-4-6-15(14)19/h3-10H,11H2,1-2H3,(H,20,25)(H,21,22,23). The number of benzene rings is 2. The monoisotopic (exact) mass is 495 g/mol. The number of anilines is 1. The van der Waals surface area contributed by atoms with Gasteiger partial charge >= 0.3 is 0 Å². The largest absolute Gasteiger partial charge is 0.325 e. The second-order valence-corrected chi connectivity index (χ2v) is 10.0. The Balaban J connectivity index is 1.58. The zero-order chi connectivity index (χ0) is 21.0. The normalized spacial score (nSPS) is 11.6. The molecule has 0 saturated heterocycles. The Hall–Kier alpha value is -2.21. The van der Waals surface area contributed by atoms with Crippen molar-refractivity contribution in [2.45, 2.75) is 10.1 Å². The van der Waals surface area contributed by atoms with E-state index in [1.807, 2.05) is 24.3 Å². The lowest BCUT2D eigenvalue weighted by atomic mass is 10.2. The van der Waals surface area contributed by atoms with E-state index in [1.165, 1.54) is 38.0 Å². The summed E-state index contributed by atoms with van der Waals surface area (Å²) >= 11 is 4.66. The number of hydrogen-bond acceptors (Lipinski definition) is 6. The van der Waals surface area contributed by atoms with Gasteiger partial charge in [0.15, 0.2) is 5.82 Å². The van der Waals surface area contributed by atoms with Crippen molar-refractivity contribution in [2.24, 2.45) is 0 Å². The van der Waals surface area contributed by atoms with Gasteiger partial charge in [-0.25, -0.2) is 17.7 Å². The molecule has 0 aliphatic heterocycles. The summed E-state index contributed by atoms with van der Waals surface area (Å²) in [6.07, 6.45) is 0. The van der Waals surface area contributed by atoms with Gasteiger partial charge in [-0.15, -0.1) is 5.10 Å². The Morgan fingerprint density at radius 3 is 2.52 bits per heavy atom. The third-order valence-electron chi connectivity index (χ3n) is 3.84. The maximum Gasteiger partial charge on any atom is 0.242 e. The first-order chi connectivity index (χ1) is 13.8. The lowest BCUT2D eigenvalue weighted by Gasteiger charge is -2.11. The molecule has 0 unspecified atom stereocenters. The van der Waals surface area contributed by atoms with E-state index in [-0.39, 0.29) is 16.6 Å². The van der Waals surface area contributed by atoms with Crippen LogP contribution in [-0.2, 0) is 14.8 Å². The summed E-state index contributed by atoms with van der Waals surface area (Å²) in [5, 5.41) is 10.2. The molecule has 0 fully saturated rings. The van der Waals surface area contributed by atoms with Crippen LogP contribution in [0.3, 0.4) is 0 Å². The van der Waals surface area contributed by atoms with Crippen molar-refractivity contribution >= 4 is 49.3 Å². The first kappa shape index (κ1) is 21.5. The van der Waals surface area contributed by atoms with E-state index >= 15 is 0 Å². The summed E-state index contributed by atoms with van der Waals surface area (Å²) < 4.78 is 26.2. The van der Waals surface area contributed by atoms with Gasteiger partial charge in [0.1, 0.15) is 0 Å². The average Bonchev–Trinajstić information content (AvgIpc) is 3.16. The molecule has 0 bridgehead atoms. The molecule has 0 radical (unpaired) electrons. The zero-order valence-electron chi connectivity index (χ0n) is 15.6. The van der Waals surface area contributed by atoms with Crippen LogP contribution in [-0.4, -0.2) is 53.7 Å². The predicted molar refractivity (Wildman–Crippen MR) is 116 cm³/mol. The highest BCUT2D eigenvalue weighted by Gasteiger charge is 2.17. The molecule has 0 saturated carbocycles. The van der Waals surface area contributed by atoms with Gasteiger partial charge in [-0.3, -0.25) is 9.89 Å². The minimum Gasteiger partial charge on any atom is -0.325 e. The minimum atomic E-state index is -3.50. The second-order valence-electron chi connectivity index (χ2n) is 6.10. The average molecular weight is 496 g/mol. The van der Waals surface area contributed by atoms with Crippen LogP contribution < -0.4 is 5.32 Å². The summed E-state index contributed by atoms with van der Waals surface area (Å²) in [5.74, 6) is 0.480. The van der Waals surface area contributed by atoms with E-state index in [0.29, 0.717) is 16.7 Å². The van der Waals surface area contributed by atoms with E-state index in [9.17, 15) is 13.2 Å². The van der Waals surface area contributed by atoms with Gasteiger partial charge in [-0.05, 0) is 30.3 Å². The highest BCUT2D eigenvalue weighted by atomic mass is 79.9. The molecule has 3 rings (SSSR count). The van der Waals surface area contributed by atoms with Crippen LogP contribution in [0, 0.1) is 0 Å². The van der Waals surface area contributed by atoms with E-state index in [1.54, 1.807) is 12.1 Å². The van der Waals surface area contributed by atoms with Crippen LogP contribution in [0.4, 0.5) is 5.69 Å². The Bertz CT molecular complexity index is 1110. The Kier molecular flexibility index (Phi) is 6.73. The van der Waals surface area contributed by atoms with Gasteiger partial charge in [-0.1, -0.05) is 45.9 Å². The molecule has 0 aliphatic rings. The first-order valence-corrected chi connectivity index (χ1v) is 11.6. The van der Waals surface area contributed by atoms with Crippen molar-refractivity contribution in [1.29, 1.82) is 0 Å². The quantitative estimate of drug-likeness (QED) is 0.487. The van der Waals surface area contributed by atoms with Crippen molar-refractivity contribution < 1.29 is 13.2 Å². The number of sulfonamides is 1. The SMILES string of the molecule is CN(C)S(=O)(=O)c1ccc(NC(=O)CSc2n[nH]c(-c3ccccc3Br)n2)cc1. The molecule has 0 spiro atoms. The third kappa shape index (κ3) is 5.24. The third-order valence-corrected chi connectivity index (χ3v) is 7.21. The Labute approximate surface area is 181 Å². The molecule has 8 nitrogen and oxygen atoms in total. The number of thioether (sulfide) groups is 1. The summed E-state index contributed by atoms with van der Waals surface area (Å²) in [6, 6.07) is 13.6. The lowest BCUT2D eigenvalue weighted by molar-refractivity contribution is -0.113. The topological polar surface area (TPSA) is 108 Å². The molecule has 3 aromatic rings. The van der Waals surface area contributed by atoms with Crippen LogP contribution in [0.25, 0.3) is 11.4 Å². The van der Waals surface area contributed by atoms with E-state index in [0.717, 1.165) is 14.3 Å². The summed E-state index contributed by atoms with van der Waals surface area (Å²) in [6.45, 7) is 0. The fourth-order valence-corrected chi connectivity index (χ4v) is 4.31. The molecule has 11 heteroatoms. The van der Waals surface area contributed by atoms with Gasteiger partial charge in [0, 0.05) is 29.8 Å².